The Kier molecular flexibility index (Phi) is 5.92. The molecule has 0 bridgehead atoms. The number of hydrogen-bond acceptors (Lipinski definition) is 5. The zero-order valence-corrected chi connectivity index (χ0v) is 16.9. The third kappa shape index (κ3) is 4.33. The molecule has 4 amide bonds. The summed E-state index contributed by atoms with van der Waals surface area (Å²) in [5.41, 5.74) is 0.998. The minimum Gasteiger partial charge on any atom is -0.350 e. The van der Waals surface area contributed by atoms with Crippen molar-refractivity contribution in [1.29, 1.82) is 0 Å². The van der Waals surface area contributed by atoms with Crippen LogP contribution < -0.4 is 10.6 Å². The number of benzene rings is 1. The van der Waals surface area contributed by atoms with Gasteiger partial charge in [0.1, 0.15) is 12.6 Å². The first-order chi connectivity index (χ1) is 14.1. The van der Waals surface area contributed by atoms with E-state index in [0.29, 0.717) is 13.0 Å². The van der Waals surface area contributed by atoms with Crippen LogP contribution in [0.5, 0.6) is 0 Å². The number of hydrogen-bond donors (Lipinski definition) is 2. The van der Waals surface area contributed by atoms with Gasteiger partial charge in [0.2, 0.25) is 11.8 Å². The minimum atomic E-state index is -0.455. The van der Waals surface area contributed by atoms with Gasteiger partial charge in [-0.1, -0.05) is 36.4 Å². The molecule has 1 aromatic heterocycles. The summed E-state index contributed by atoms with van der Waals surface area (Å²) < 4.78 is 0. The van der Waals surface area contributed by atoms with Crippen molar-refractivity contribution in [3.63, 3.8) is 0 Å². The number of nitrogens with zero attached hydrogens (tertiary/aromatic N) is 2. The lowest BCUT2D eigenvalue weighted by Gasteiger charge is -2.46. The molecule has 0 spiro atoms. The lowest BCUT2D eigenvalue weighted by atomic mass is 9.93. The van der Waals surface area contributed by atoms with Gasteiger partial charge in [-0.15, -0.1) is 11.3 Å². The molecule has 2 aromatic rings. The van der Waals surface area contributed by atoms with Gasteiger partial charge in [-0.05, 0) is 36.4 Å². The van der Waals surface area contributed by atoms with Gasteiger partial charge in [0.25, 0.3) is 0 Å². The molecule has 2 N–H and O–H groups in total. The predicted molar refractivity (Wildman–Crippen MR) is 110 cm³/mol. The SMILES string of the molecule is O=C(CN1C(=O)N(Cc2cccs2)C(=O)C2NCCCC21)NCc1ccccc1. The van der Waals surface area contributed by atoms with Gasteiger partial charge in [0.05, 0.1) is 12.6 Å². The van der Waals surface area contributed by atoms with Crippen LogP contribution in [0, 0.1) is 0 Å². The molecule has 152 valence electrons. The Balaban J connectivity index is 1.47. The Bertz CT molecular complexity index is 871. The van der Waals surface area contributed by atoms with Crippen LogP contribution in [0.1, 0.15) is 23.3 Å². The molecule has 7 nitrogen and oxygen atoms in total. The van der Waals surface area contributed by atoms with E-state index in [-0.39, 0.29) is 37.0 Å². The molecule has 3 heterocycles. The van der Waals surface area contributed by atoms with E-state index in [1.807, 2.05) is 47.8 Å². The molecule has 0 saturated carbocycles. The van der Waals surface area contributed by atoms with E-state index in [9.17, 15) is 14.4 Å². The van der Waals surface area contributed by atoms with E-state index in [0.717, 1.165) is 23.4 Å². The number of fused-ring (bicyclic) bond motifs is 1. The van der Waals surface area contributed by atoms with Gasteiger partial charge < -0.3 is 15.5 Å². The largest absolute Gasteiger partial charge is 0.350 e. The summed E-state index contributed by atoms with van der Waals surface area (Å²) >= 11 is 1.51. The second kappa shape index (κ2) is 8.75. The third-order valence-electron chi connectivity index (χ3n) is 5.38. The van der Waals surface area contributed by atoms with Crippen LogP contribution in [0.4, 0.5) is 4.79 Å². The van der Waals surface area contributed by atoms with Crippen molar-refractivity contribution in [3.05, 3.63) is 58.3 Å². The highest BCUT2D eigenvalue weighted by Crippen LogP contribution is 2.26. The number of nitrogens with one attached hydrogen (secondary N) is 2. The zero-order chi connectivity index (χ0) is 20.2. The standard InChI is InChI=1S/C21H24N4O3S/c26-18(23-12-15-6-2-1-3-7-15)14-24-17-9-4-10-22-19(17)20(27)25(21(24)28)13-16-8-5-11-29-16/h1-3,5-8,11,17,19,22H,4,9-10,12-14H2,(H,23,26). The Morgan fingerprint density at radius 1 is 1.17 bits per heavy atom. The number of carbonyl (C=O) groups excluding carboxylic acids is 3. The van der Waals surface area contributed by atoms with Crippen molar-refractivity contribution in [2.45, 2.75) is 38.0 Å². The molecule has 8 heteroatoms. The molecule has 2 aliphatic rings. The monoisotopic (exact) mass is 412 g/mol. The van der Waals surface area contributed by atoms with Crippen molar-refractivity contribution < 1.29 is 14.4 Å². The smallest absolute Gasteiger partial charge is 0.327 e. The molecule has 2 fully saturated rings. The molecule has 0 radical (unpaired) electrons. The van der Waals surface area contributed by atoms with Gasteiger partial charge in [-0.2, -0.15) is 0 Å². The van der Waals surface area contributed by atoms with E-state index in [4.69, 9.17) is 0 Å². The average molecular weight is 413 g/mol. The number of thiophene rings is 1. The molecule has 1 aromatic carbocycles. The lowest BCUT2D eigenvalue weighted by Crippen LogP contribution is -2.70. The van der Waals surface area contributed by atoms with E-state index >= 15 is 0 Å². The highest BCUT2D eigenvalue weighted by molar-refractivity contribution is 7.09. The van der Waals surface area contributed by atoms with Gasteiger partial charge in [-0.25, -0.2) is 4.79 Å². The lowest BCUT2D eigenvalue weighted by molar-refractivity contribution is -0.139. The van der Waals surface area contributed by atoms with Crippen LogP contribution >= 0.6 is 11.3 Å². The highest BCUT2D eigenvalue weighted by Gasteiger charge is 2.47. The van der Waals surface area contributed by atoms with Crippen LogP contribution in [0.25, 0.3) is 0 Å². The molecule has 2 saturated heterocycles. The van der Waals surface area contributed by atoms with Crippen LogP contribution in [0.15, 0.2) is 47.8 Å². The molecule has 2 atom stereocenters. The Labute approximate surface area is 173 Å². The third-order valence-corrected chi connectivity index (χ3v) is 6.24. The Hall–Kier alpha value is -2.71. The summed E-state index contributed by atoms with van der Waals surface area (Å²) in [4.78, 5) is 42.5. The average Bonchev–Trinajstić information content (AvgIpc) is 3.27. The van der Waals surface area contributed by atoms with Crippen molar-refractivity contribution in [1.82, 2.24) is 20.4 Å². The second-order valence-corrected chi connectivity index (χ2v) is 8.35. The second-order valence-electron chi connectivity index (χ2n) is 7.32. The zero-order valence-electron chi connectivity index (χ0n) is 16.0. The summed E-state index contributed by atoms with van der Waals surface area (Å²) in [6.07, 6.45) is 1.59. The molecular formula is C21H24N4O3S. The maximum atomic E-state index is 13.2. The first-order valence-corrected chi connectivity index (χ1v) is 10.7. The number of imide groups is 1. The maximum Gasteiger partial charge on any atom is 0.327 e. The Morgan fingerprint density at radius 2 is 2.00 bits per heavy atom. The summed E-state index contributed by atoms with van der Waals surface area (Å²) in [6, 6.07) is 12.3. The summed E-state index contributed by atoms with van der Waals surface area (Å²) in [5.74, 6) is -0.425. The number of rotatable bonds is 6. The van der Waals surface area contributed by atoms with Gasteiger partial charge in [0.15, 0.2) is 0 Å². The van der Waals surface area contributed by atoms with Crippen molar-refractivity contribution >= 4 is 29.2 Å². The Morgan fingerprint density at radius 3 is 2.76 bits per heavy atom. The van der Waals surface area contributed by atoms with E-state index in [1.165, 1.54) is 16.2 Å². The molecule has 29 heavy (non-hydrogen) atoms. The first-order valence-electron chi connectivity index (χ1n) is 9.82. The van der Waals surface area contributed by atoms with Crippen LogP contribution in [0.2, 0.25) is 0 Å². The van der Waals surface area contributed by atoms with E-state index in [1.54, 1.807) is 4.90 Å². The molecule has 0 aliphatic carbocycles. The number of carbonyl (C=O) groups is 3. The molecule has 2 aliphatic heterocycles. The highest BCUT2D eigenvalue weighted by atomic mass is 32.1. The van der Waals surface area contributed by atoms with E-state index in [2.05, 4.69) is 10.6 Å². The van der Waals surface area contributed by atoms with Crippen molar-refractivity contribution in [2.75, 3.05) is 13.1 Å². The van der Waals surface area contributed by atoms with Crippen molar-refractivity contribution in [3.8, 4) is 0 Å². The first kappa shape index (κ1) is 19.6. The fraction of sp³-hybridized carbons (Fsp3) is 0.381. The maximum absolute atomic E-state index is 13.2. The fourth-order valence-electron chi connectivity index (χ4n) is 3.91. The predicted octanol–water partition coefficient (Wildman–Crippen LogP) is 1.95. The number of piperidine rings is 1. The summed E-state index contributed by atoms with van der Waals surface area (Å²) in [5, 5.41) is 8.05. The molecule has 4 rings (SSSR count). The topological polar surface area (TPSA) is 81.8 Å². The van der Waals surface area contributed by atoms with Crippen LogP contribution in [-0.2, 0) is 22.7 Å². The van der Waals surface area contributed by atoms with E-state index < -0.39 is 6.04 Å². The normalized spacial score (nSPS) is 21.8. The van der Waals surface area contributed by atoms with Gasteiger partial charge in [-0.3, -0.25) is 14.5 Å². The minimum absolute atomic E-state index is 0.0528. The number of urea groups is 1. The van der Waals surface area contributed by atoms with Crippen LogP contribution in [0.3, 0.4) is 0 Å². The molecular weight excluding hydrogens is 388 g/mol. The van der Waals surface area contributed by atoms with Gasteiger partial charge >= 0.3 is 6.03 Å². The summed E-state index contributed by atoms with van der Waals surface area (Å²) in [6.45, 7) is 1.33. The quantitative estimate of drug-likeness (QED) is 0.760. The van der Waals surface area contributed by atoms with Gasteiger partial charge in [0, 0.05) is 11.4 Å². The number of amides is 4. The molecule has 2 unspecified atom stereocenters. The summed E-state index contributed by atoms with van der Waals surface area (Å²) in [7, 11) is 0. The fourth-order valence-corrected chi connectivity index (χ4v) is 4.61. The van der Waals surface area contributed by atoms with Crippen molar-refractivity contribution in [2.24, 2.45) is 0 Å². The van der Waals surface area contributed by atoms with Crippen LogP contribution in [-0.4, -0.2) is 52.8 Å².